The van der Waals surface area contributed by atoms with Gasteiger partial charge in [-0.1, -0.05) is 43.5 Å². The first kappa shape index (κ1) is 15.3. The Morgan fingerprint density at radius 1 is 1.37 bits per heavy atom. The van der Waals surface area contributed by atoms with Crippen LogP contribution in [0.3, 0.4) is 0 Å². The summed E-state index contributed by atoms with van der Waals surface area (Å²) in [5.41, 5.74) is 0.446. The van der Waals surface area contributed by atoms with E-state index in [9.17, 15) is 9.59 Å². The van der Waals surface area contributed by atoms with Gasteiger partial charge in [0.15, 0.2) is 0 Å². The van der Waals surface area contributed by atoms with E-state index in [2.05, 4.69) is 10.6 Å². The van der Waals surface area contributed by atoms with E-state index in [0.29, 0.717) is 17.1 Å². The fraction of sp³-hybridized carbons (Fsp3) is 0.385. The zero-order valence-corrected chi connectivity index (χ0v) is 11.4. The number of benzene rings is 1. The minimum absolute atomic E-state index is 0.401. The summed E-state index contributed by atoms with van der Waals surface area (Å²) in [6.07, 6.45) is 2.02. The molecule has 6 heteroatoms. The van der Waals surface area contributed by atoms with Crippen molar-refractivity contribution in [1.82, 2.24) is 5.32 Å². The number of halogens is 1. The molecule has 0 aliphatic heterocycles. The van der Waals surface area contributed by atoms with E-state index in [1.165, 1.54) is 0 Å². The van der Waals surface area contributed by atoms with Gasteiger partial charge in [0.05, 0.1) is 10.7 Å². The van der Waals surface area contributed by atoms with Crippen LogP contribution in [0.1, 0.15) is 26.2 Å². The third-order valence-electron chi connectivity index (χ3n) is 2.57. The predicted octanol–water partition coefficient (Wildman–Crippen LogP) is 3.10. The van der Waals surface area contributed by atoms with E-state index in [-0.39, 0.29) is 0 Å². The van der Waals surface area contributed by atoms with E-state index >= 15 is 0 Å². The zero-order chi connectivity index (χ0) is 14.3. The second kappa shape index (κ2) is 7.63. The Kier molecular flexibility index (Phi) is 6.15. The number of amides is 2. The molecular weight excluding hydrogens is 268 g/mol. The predicted molar refractivity (Wildman–Crippen MR) is 74.6 cm³/mol. The average Bonchev–Trinajstić information content (AvgIpc) is 2.37. The van der Waals surface area contributed by atoms with Crippen molar-refractivity contribution in [3.63, 3.8) is 0 Å². The largest absolute Gasteiger partial charge is 0.480 e. The van der Waals surface area contributed by atoms with Crippen molar-refractivity contribution < 1.29 is 14.7 Å². The van der Waals surface area contributed by atoms with Gasteiger partial charge < -0.3 is 15.7 Å². The number of carboxylic acid groups (broad SMARTS) is 1. The molecule has 5 nitrogen and oxygen atoms in total. The van der Waals surface area contributed by atoms with Crippen LogP contribution in [0.25, 0.3) is 0 Å². The van der Waals surface area contributed by atoms with Gasteiger partial charge in [-0.2, -0.15) is 0 Å². The lowest BCUT2D eigenvalue weighted by Crippen LogP contribution is -2.43. The lowest BCUT2D eigenvalue weighted by atomic mass is 10.1. The van der Waals surface area contributed by atoms with Crippen molar-refractivity contribution in [3.05, 3.63) is 29.3 Å². The summed E-state index contributed by atoms with van der Waals surface area (Å²) in [5, 5.41) is 14.3. The quantitative estimate of drug-likeness (QED) is 0.751. The van der Waals surface area contributed by atoms with Gasteiger partial charge >= 0.3 is 12.0 Å². The SMILES string of the molecule is CCCCC(NC(=O)Nc1ccccc1Cl)C(=O)O. The topological polar surface area (TPSA) is 78.4 Å². The van der Waals surface area contributed by atoms with Crippen LogP contribution in [0, 0.1) is 0 Å². The molecule has 1 rings (SSSR count). The monoisotopic (exact) mass is 284 g/mol. The summed E-state index contributed by atoms with van der Waals surface area (Å²) in [6, 6.07) is 5.30. The Hall–Kier alpha value is -1.75. The molecule has 3 N–H and O–H groups in total. The van der Waals surface area contributed by atoms with Crippen LogP contribution >= 0.6 is 11.6 Å². The van der Waals surface area contributed by atoms with Crippen molar-refractivity contribution in [2.75, 3.05) is 5.32 Å². The second-order valence-corrected chi connectivity index (χ2v) is 4.52. The number of aliphatic carboxylic acids is 1. The normalized spacial score (nSPS) is 11.7. The molecule has 0 fully saturated rings. The van der Waals surface area contributed by atoms with Gasteiger partial charge in [-0.15, -0.1) is 0 Å². The molecule has 19 heavy (non-hydrogen) atoms. The second-order valence-electron chi connectivity index (χ2n) is 4.11. The molecule has 1 atom stereocenters. The van der Waals surface area contributed by atoms with Gasteiger partial charge in [-0.25, -0.2) is 9.59 Å². The molecule has 2 amide bonds. The maximum Gasteiger partial charge on any atom is 0.326 e. The molecule has 0 aliphatic carbocycles. The van der Waals surface area contributed by atoms with Gasteiger partial charge in [0, 0.05) is 0 Å². The number of hydrogen-bond acceptors (Lipinski definition) is 2. The Morgan fingerprint density at radius 3 is 2.63 bits per heavy atom. The number of carbonyl (C=O) groups excluding carboxylic acids is 1. The molecule has 0 bridgehead atoms. The summed E-state index contributed by atoms with van der Waals surface area (Å²) >= 11 is 5.89. The highest BCUT2D eigenvalue weighted by molar-refractivity contribution is 6.33. The summed E-state index contributed by atoms with van der Waals surface area (Å²) in [6.45, 7) is 1.96. The molecule has 1 aromatic carbocycles. The van der Waals surface area contributed by atoms with E-state index in [1.54, 1.807) is 24.3 Å². The van der Waals surface area contributed by atoms with Crippen LogP contribution in [-0.4, -0.2) is 23.1 Å². The lowest BCUT2D eigenvalue weighted by Gasteiger charge is -2.15. The first-order chi connectivity index (χ1) is 9.04. The van der Waals surface area contributed by atoms with Gasteiger partial charge in [0.2, 0.25) is 0 Å². The van der Waals surface area contributed by atoms with E-state index in [0.717, 1.165) is 12.8 Å². The number of rotatable bonds is 6. The fourth-order valence-electron chi connectivity index (χ4n) is 1.54. The zero-order valence-electron chi connectivity index (χ0n) is 10.6. The molecule has 0 saturated carbocycles. The number of carboxylic acids is 1. The highest BCUT2D eigenvalue weighted by atomic mass is 35.5. The molecule has 0 spiro atoms. The molecule has 1 aromatic rings. The Balaban J connectivity index is 2.58. The van der Waals surface area contributed by atoms with E-state index < -0.39 is 18.0 Å². The summed E-state index contributed by atoms with van der Waals surface area (Å²) in [7, 11) is 0. The third kappa shape index (κ3) is 5.18. The summed E-state index contributed by atoms with van der Waals surface area (Å²) in [4.78, 5) is 22.7. The van der Waals surface area contributed by atoms with E-state index in [1.807, 2.05) is 6.92 Å². The number of urea groups is 1. The average molecular weight is 285 g/mol. The van der Waals surface area contributed by atoms with Crippen LogP contribution in [0.2, 0.25) is 5.02 Å². The molecule has 1 unspecified atom stereocenters. The van der Waals surface area contributed by atoms with Crippen LogP contribution in [0.4, 0.5) is 10.5 Å². The molecule has 0 aromatic heterocycles. The first-order valence-corrected chi connectivity index (χ1v) is 6.47. The van der Waals surface area contributed by atoms with Crippen molar-refractivity contribution in [3.8, 4) is 0 Å². The van der Waals surface area contributed by atoms with Crippen molar-refractivity contribution in [1.29, 1.82) is 0 Å². The van der Waals surface area contributed by atoms with Gasteiger partial charge in [-0.3, -0.25) is 0 Å². The van der Waals surface area contributed by atoms with Gasteiger partial charge in [0.25, 0.3) is 0 Å². The van der Waals surface area contributed by atoms with Crippen LogP contribution in [-0.2, 0) is 4.79 Å². The molecule has 0 aliphatic rings. The maximum atomic E-state index is 11.7. The van der Waals surface area contributed by atoms with Crippen LogP contribution in [0.5, 0.6) is 0 Å². The van der Waals surface area contributed by atoms with Gasteiger partial charge in [0.1, 0.15) is 6.04 Å². The number of anilines is 1. The highest BCUT2D eigenvalue weighted by Gasteiger charge is 2.19. The number of para-hydroxylation sites is 1. The molecule has 0 radical (unpaired) electrons. The maximum absolute atomic E-state index is 11.7. The summed E-state index contributed by atoms with van der Waals surface area (Å²) in [5.74, 6) is -1.04. The number of nitrogens with one attached hydrogen (secondary N) is 2. The summed E-state index contributed by atoms with van der Waals surface area (Å²) < 4.78 is 0. The molecular formula is C13H17ClN2O3. The van der Waals surface area contributed by atoms with Gasteiger partial charge in [-0.05, 0) is 18.6 Å². The standard InChI is InChI=1S/C13H17ClN2O3/c1-2-3-7-11(12(17)18)16-13(19)15-10-8-5-4-6-9(10)14/h4-6,8,11H,2-3,7H2,1H3,(H,17,18)(H2,15,16,19). The number of carbonyl (C=O) groups is 2. The fourth-order valence-corrected chi connectivity index (χ4v) is 1.73. The van der Waals surface area contributed by atoms with Crippen molar-refractivity contribution in [2.45, 2.75) is 32.2 Å². The Morgan fingerprint density at radius 2 is 2.05 bits per heavy atom. The smallest absolute Gasteiger partial charge is 0.326 e. The first-order valence-electron chi connectivity index (χ1n) is 6.09. The Labute approximate surface area is 117 Å². The molecule has 0 saturated heterocycles. The molecule has 0 heterocycles. The minimum Gasteiger partial charge on any atom is -0.480 e. The number of hydrogen-bond donors (Lipinski definition) is 3. The van der Waals surface area contributed by atoms with Crippen LogP contribution < -0.4 is 10.6 Å². The van der Waals surface area contributed by atoms with Crippen LogP contribution in [0.15, 0.2) is 24.3 Å². The third-order valence-corrected chi connectivity index (χ3v) is 2.90. The van der Waals surface area contributed by atoms with E-state index in [4.69, 9.17) is 16.7 Å². The lowest BCUT2D eigenvalue weighted by molar-refractivity contribution is -0.139. The van der Waals surface area contributed by atoms with Crippen molar-refractivity contribution >= 4 is 29.3 Å². The minimum atomic E-state index is -1.04. The Bertz CT molecular complexity index is 451. The highest BCUT2D eigenvalue weighted by Crippen LogP contribution is 2.20. The van der Waals surface area contributed by atoms with Crippen molar-refractivity contribution in [2.24, 2.45) is 0 Å². The molecule has 104 valence electrons. The number of unbranched alkanes of at least 4 members (excludes halogenated alkanes) is 1.